The highest BCUT2D eigenvalue weighted by atomic mass is 14.3. The SMILES string of the molecule is C=C(C)C1=CCC(C(C)CC/C(C)=C(\C)C(CC)CC2CCC(C)C2)CC1.CC.CC(C)C.CCC.CCCC(CC)CCC. The fraction of sp³-hybridized carbons (Fsp3) is 0.867. The minimum Gasteiger partial charge on any atom is -0.0958 e. The van der Waals surface area contributed by atoms with Crippen LogP contribution in [0.25, 0.3) is 0 Å². The lowest BCUT2D eigenvalue weighted by Crippen LogP contribution is -2.15. The summed E-state index contributed by atoms with van der Waals surface area (Å²) in [5.41, 5.74) is 6.20. The zero-order valence-corrected chi connectivity index (χ0v) is 34.6. The van der Waals surface area contributed by atoms with E-state index in [1.165, 1.54) is 114 Å². The van der Waals surface area contributed by atoms with E-state index >= 15 is 0 Å². The second-order valence-corrected chi connectivity index (χ2v) is 15.4. The van der Waals surface area contributed by atoms with E-state index < -0.39 is 0 Å². The number of hydrogen-bond donors (Lipinski definition) is 0. The molecule has 0 heterocycles. The van der Waals surface area contributed by atoms with E-state index in [4.69, 9.17) is 0 Å². The van der Waals surface area contributed by atoms with Gasteiger partial charge in [-0.1, -0.05) is 171 Å². The van der Waals surface area contributed by atoms with E-state index in [1.807, 2.05) is 13.8 Å². The number of rotatable bonds is 14. The van der Waals surface area contributed by atoms with Gasteiger partial charge in [0.1, 0.15) is 0 Å². The standard InChI is InChI=1S/C27H46.C9H20.C4H10.C3H8.C2H6/c1-8-25(18-24-12-9-20(4)17-24)23(7)21(5)10-11-22(6)27-15-13-26(14-16-27)19(2)3;1-4-7-9(6-3)8-5-2;1-4(2)3;1-3-2;1-2/h13,20,22,24-25,27H,2,8-12,14-18H2,1,3-7H3;9H,4-8H2,1-3H3;4H,1-3H3;3H2,1-2H3;1-2H3/b23-21+;;;;. The molecule has 270 valence electrons. The summed E-state index contributed by atoms with van der Waals surface area (Å²) in [5.74, 6) is 6.35. The summed E-state index contributed by atoms with van der Waals surface area (Å²) in [6.45, 7) is 40.1. The lowest BCUT2D eigenvalue weighted by Gasteiger charge is -2.28. The first-order chi connectivity index (χ1) is 21.3. The van der Waals surface area contributed by atoms with Crippen molar-refractivity contribution < 1.29 is 0 Å². The van der Waals surface area contributed by atoms with Crippen molar-refractivity contribution in [2.75, 3.05) is 0 Å². The predicted molar refractivity (Wildman–Crippen MR) is 213 cm³/mol. The van der Waals surface area contributed by atoms with Crippen molar-refractivity contribution in [2.24, 2.45) is 41.4 Å². The Balaban J connectivity index is -0.000000807. The molecule has 0 bridgehead atoms. The monoisotopic (exact) mass is 631 g/mol. The van der Waals surface area contributed by atoms with Gasteiger partial charge in [0.2, 0.25) is 0 Å². The molecule has 0 aromatic carbocycles. The zero-order valence-electron chi connectivity index (χ0n) is 34.6. The molecule has 0 aliphatic heterocycles. The normalized spacial score (nSPS) is 20.9. The van der Waals surface area contributed by atoms with Gasteiger partial charge in [-0.2, -0.15) is 0 Å². The summed E-state index contributed by atoms with van der Waals surface area (Å²) in [7, 11) is 0. The van der Waals surface area contributed by atoms with Gasteiger partial charge >= 0.3 is 0 Å². The maximum absolute atomic E-state index is 4.12. The van der Waals surface area contributed by atoms with Crippen molar-refractivity contribution in [2.45, 2.75) is 214 Å². The first-order valence-electron chi connectivity index (χ1n) is 20.3. The molecule has 0 amide bonds. The fourth-order valence-corrected chi connectivity index (χ4v) is 6.94. The van der Waals surface area contributed by atoms with Crippen LogP contribution in [-0.2, 0) is 0 Å². The molecule has 0 radical (unpaired) electrons. The van der Waals surface area contributed by atoms with Crippen molar-refractivity contribution in [3.8, 4) is 0 Å². The maximum Gasteiger partial charge on any atom is -0.0203 e. The van der Waals surface area contributed by atoms with Gasteiger partial charge in [-0.15, -0.1) is 0 Å². The Morgan fingerprint density at radius 1 is 0.822 bits per heavy atom. The first kappa shape index (κ1) is 48.6. The minimum absolute atomic E-state index is 0.825. The second kappa shape index (κ2) is 31.8. The van der Waals surface area contributed by atoms with E-state index in [0.29, 0.717) is 0 Å². The average molecular weight is 631 g/mol. The van der Waals surface area contributed by atoms with Gasteiger partial charge in [-0.3, -0.25) is 0 Å². The third-order valence-electron chi connectivity index (χ3n) is 9.95. The van der Waals surface area contributed by atoms with Crippen LogP contribution < -0.4 is 0 Å². The molecular weight excluding hydrogens is 540 g/mol. The van der Waals surface area contributed by atoms with Crippen LogP contribution in [0, 0.1) is 41.4 Å². The predicted octanol–water partition coefficient (Wildman–Crippen LogP) is 16.6. The van der Waals surface area contributed by atoms with Gasteiger partial charge in [0.25, 0.3) is 0 Å². The Labute approximate surface area is 289 Å². The van der Waals surface area contributed by atoms with E-state index in [-0.39, 0.29) is 0 Å². The molecule has 0 spiro atoms. The summed E-state index contributed by atoms with van der Waals surface area (Å²) < 4.78 is 0. The Morgan fingerprint density at radius 2 is 1.36 bits per heavy atom. The lowest BCUT2D eigenvalue weighted by molar-refractivity contribution is 0.310. The summed E-state index contributed by atoms with van der Waals surface area (Å²) in [5, 5.41) is 0. The third kappa shape index (κ3) is 25.9. The van der Waals surface area contributed by atoms with E-state index in [9.17, 15) is 0 Å². The summed E-state index contributed by atoms with van der Waals surface area (Å²) in [4.78, 5) is 0. The van der Waals surface area contributed by atoms with Crippen molar-refractivity contribution in [3.63, 3.8) is 0 Å². The molecule has 2 aliphatic carbocycles. The fourth-order valence-electron chi connectivity index (χ4n) is 6.94. The van der Waals surface area contributed by atoms with Gasteiger partial charge in [-0.25, -0.2) is 0 Å². The largest absolute Gasteiger partial charge is 0.0958 e. The quantitative estimate of drug-likeness (QED) is 0.167. The van der Waals surface area contributed by atoms with Crippen LogP contribution >= 0.6 is 0 Å². The molecular formula is C45H90. The maximum atomic E-state index is 4.12. The van der Waals surface area contributed by atoms with Crippen molar-refractivity contribution in [1.29, 1.82) is 0 Å². The molecule has 0 aromatic heterocycles. The molecule has 5 unspecified atom stereocenters. The Kier molecular flexibility index (Phi) is 34.4. The highest BCUT2D eigenvalue weighted by molar-refractivity contribution is 5.27. The van der Waals surface area contributed by atoms with Crippen molar-refractivity contribution in [3.05, 3.63) is 34.9 Å². The summed E-state index contributed by atoms with van der Waals surface area (Å²) >= 11 is 0. The molecule has 0 N–H and O–H groups in total. The van der Waals surface area contributed by atoms with E-state index in [1.54, 1.807) is 11.1 Å². The lowest BCUT2D eigenvalue weighted by atomic mass is 9.77. The number of allylic oxidation sites excluding steroid dienone is 5. The molecule has 2 rings (SSSR count). The molecule has 0 aromatic rings. The smallest absolute Gasteiger partial charge is 0.0203 e. The highest BCUT2D eigenvalue weighted by Crippen LogP contribution is 2.39. The summed E-state index contributed by atoms with van der Waals surface area (Å²) in [6, 6.07) is 0. The number of hydrogen-bond acceptors (Lipinski definition) is 0. The third-order valence-corrected chi connectivity index (χ3v) is 9.95. The average Bonchev–Trinajstić information content (AvgIpc) is 3.43. The van der Waals surface area contributed by atoms with Crippen LogP contribution in [0.5, 0.6) is 0 Å². The first-order valence-corrected chi connectivity index (χ1v) is 20.3. The van der Waals surface area contributed by atoms with E-state index in [2.05, 4.69) is 110 Å². The van der Waals surface area contributed by atoms with Crippen molar-refractivity contribution in [1.82, 2.24) is 0 Å². The Hall–Kier alpha value is -0.780. The van der Waals surface area contributed by atoms with Crippen LogP contribution in [0.3, 0.4) is 0 Å². The topological polar surface area (TPSA) is 0 Å². The second-order valence-electron chi connectivity index (χ2n) is 15.4. The summed E-state index contributed by atoms with van der Waals surface area (Å²) in [6.07, 6.45) is 24.4. The van der Waals surface area contributed by atoms with Gasteiger partial charge in [0.05, 0.1) is 0 Å². The van der Waals surface area contributed by atoms with Crippen LogP contribution in [0.15, 0.2) is 34.9 Å². The molecule has 0 saturated heterocycles. The molecule has 1 fully saturated rings. The molecule has 5 atom stereocenters. The molecule has 2 aliphatic rings. The van der Waals surface area contributed by atoms with Crippen molar-refractivity contribution >= 4 is 0 Å². The van der Waals surface area contributed by atoms with Crippen LogP contribution in [0.2, 0.25) is 0 Å². The van der Waals surface area contributed by atoms with Gasteiger partial charge in [0, 0.05) is 0 Å². The van der Waals surface area contributed by atoms with Crippen LogP contribution in [0.1, 0.15) is 214 Å². The molecule has 0 nitrogen and oxygen atoms in total. The highest BCUT2D eigenvalue weighted by Gasteiger charge is 2.25. The minimum atomic E-state index is 0.825. The van der Waals surface area contributed by atoms with Crippen LogP contribution in [-0.4, -0.2) is 0 Å². The molecule has 45 heavy (non-hydrogen) atoms. The van der Waals surface area contributed by atoms with E-state index in [0.717, 1.165) is 41.4 Å². The Morgan fingerprint density at radius 3 is 1.71 bits per heavy atom. The zero-order chi connectivity index (χ0) is 35.4. The Bertz CT molecular complexity index is 710. The molecule has 1 saturated carbocycles. The van der Waals surface area contributed by atoms with Crippen LogP contribution in [0.4, 0.5) is 0 Å². The van der Waals surface area contributed by atoms with Gasteiger partial charge in [0.15, 0.2) is 0 Å². The van der Waals surface area contributed by atoms with Gasteiger partial charge in [-0.05, 0) is 119 Å². The van der Waals surface area contributed by atoms with Gasteiger partial charge < -0.3 is 0 Å². The molecule has 0 heteroatoms.